The third-order valence-electron chi connectivity index (χ3n) is 8.55. The molecule has 0 saturated carbocycles. The van der Waals surface area contributed by atoms with Gasteiger partial charge in [0.15, 0.2) is 11.5 Å². The molecule has 1 atom stereocenters. The maximum atomic E-state index is 13.8. The number of thiazole rings is 1. The van der Waals surface area contributed by atoms with E-state index in [-0.39, 0.29) is 24.1 Å². The van der Waals surface area contributed by atoms with E-state index in [1.54, 1.807) is 24.6 Å². The van der Waals surface area contributed by atoms with Gasteiger partial charge in [0.25, 0.3) is 0 Å². The highest BCUT2D eigenvalue weighted by molar-refractivity contribution is 7.13. The molecule has 1 fully saturated rings. The number of carbonyl (C=O) groups is 3. The average Bonchev–Trinajstić information content (AvgIpc) is 3.86. The zero-order chi connectivity index (χ0) is 32.6. The van der Waals surface area contributed by atoms with Gasteiger partial charge in [-0.1, -0.05) is 30.3 Å². The van der Waals surface area contributed by atoms with Crippen molar-refractivity contribution in [3.63, 3.8) is 0 Å². The van der Waals surface area contributed by atoms with Crippen LogP contribution in [0.3, 0.4) is 0 Å². The number of aromatic nitrogens is 3. The van der Waals surface area contributed by atoms with Gasteiger partial charge in [-0.25, -0.2) is 9.97 Å². The first-order valence-corrected chi connectivity index (χ1v) is 17.0. The Morgan fingerprint density at radius 3 is 2.60 bits per heavy atom. The third kappa shape index (κ3) is 7.99. The van der Waals surface area contributed by atoms with Crippen molar-refractivity contribution in [2.45, 2.75) is 51.1 Å². The molecule has 2 aliphatic rings. The van der Waals surface area contributed by atoms with Crippen LogP contribution < -0.4 is 14.8 Å². The number of fused-ring (bicyclic) bond motifs is 4. The van der Waals surface area contributed by atoms with Gasteiger partial charge in [0.05, 0.1) is 25.8 Å². The second kappa shape index (κ2) is 15.3. The fraction of sp³-hybridized carbons (Fsp3) is 0.400. The maximum absolute atomic E-state index is 13.8. The van der Waals surface area contributed by atoms with Crippen LogP contribution in [0.25, 0.3) is 22.0 Å². The van der Waals surface area contributed by atoms with Crippen molar-refractivity contribution in [1.82, 2.24) is 29.7 Å². The first-order valence-electron chi connectivity index (χ1n) is 16.2. The van der Waals surface area contributed by atoms with Crippen molar-refractivity contribution in [3.8, 4) is 33.5 Å². The van der Waals surface area contributed by atoms with Gasteiger partial charge in [-0.2, -0.15) is 0 Å². The van der Waals surface area contributed by atoms with Crippen LogP contribution in [0, 0.1) is 0 Å². The van der Waals surface area contributed by atoms with E-state index in [1.807, 2.05) is 69.9 Å². The van der Waals surface area contributed by atoms with Crippen molar-refractivity contribution in [3.05, 3.63) is 72.0 Å². The van der Waals surface area contributed by atoms with E-state index in [9.17, 15) is 14.4 Å². The standard InChI is InChI=1S/C35H40N6O5S/c1-45-29-12-10-26-22-30(29)46-21-7-17-41(35(44)28-11-13-31(42)38-28)16-6-5-15-39(19-20-40-18-14-36-33(26)40)32(43)23-27-24-47-34(37-27)25-8-3-2-4-9-25/h2-4,8-10,12,14,18,22,24,28H,5-7,11,13,15-17,19-21,23H2,1H3,(H,38,42)/t28-/m0/s1. The van der Waals surface area contributed by atoms with Crippen molar-refractivity contribution < 1.29 is 23.9 Å². The molecule has 0 radical (unpaired) electrons. The molecule has 2 aromatic carbocycles. The molecule has 246 valence electrons. The molecule has 3 amide bonds. The fourth-order valence-corrected chi connectivity index (χ4v) is 6.86. The molecule has 47 heavy (non-hydrogen) atoms. The fourth-order valence-electron chi connectivity index (χ4n) is 6.03. The van der Waals surface area contributed by atoms with Crippen LogP contribution in [-0.2, 0) is 27.3 Å². The van der Waals surface area contributed by atoms with Gasteiger partial charge in [-0.05, 0) is 43.9 Å². The zero-order valence-electron chi connectivity index (χ0n) is 26.6. The van der Waals surface area contributed by atoms with Crippen molar-refractivity contribution in [1.29, 1.82) is 0 Å². The zero-order valence-corrected chi connectivity index (χ0v) is 27.4. The number of rotatable bonds is 5. The molecule has 2 aliphatic heterocycles. The van der Waals surface area contributed by atoms with Crippen LogP contribution in [-0.4, -0.2) is 88.0 Å². The molecule has 2 bridgehead atoms. The van der Waals surface area contributed by atoms with E-state index in [0.29, 0.717) is 70.1 Å². The first-order chi connectivity index (χ1) is 23.0. The van der Waals surface area contributed by atoms with E-state index in [1.165, 1.54) is 0 Å². The molecular weight excluding hydrogens is 616 g/mol. The number of amides is 3. The molecule has 1 N–H and O–H groups in total. The molecular formula is C35H40N6O5S. The number of hydrogen-bond acceptors (Lipinski definition) is 8. The van der Waals surface area contributed by atoms with Gasteiger partial charge in [-0.15, -0.1) is 11.3 Å². The predicted octanol–water partition coefficient (Wildman–Crippen LogP) is 4.42. The lowest BCUT2D eigenvalue weighted by molar-refractivity contribution is -0.135. The molecule has 0 aliphatic carbocycles. The summed E-state index contributed by atoms with van der Waals surface area (Å²) >= 11 is 1.54. The first kappa shape index (κ1) is 32.2. The van der Waals surface area contributed by atoms with E-state index in [2.05, 4.69) is 14.9 Å². The monoisotopic (exact) mass is 656 g/mol. The summed E-state index contributed by atoms with van der Waals surface area (Å²) in [4.78, 5) is 52.2. The molecule has 4 heterocycles. The van der Waals surface area contributed by atoms with Crippen LogP contribution >= 0.6 is 11.3 Å². The number of nitrogens with one attached hydrogen (secondary N) is 1. The molecule has 11 nitrogen and oxygen atoms in total. The van der Waals surface area contributed by atoms with Gasteiger partial charge >= 0.3 is 0 Å². The SMILES string of the molecule is COc1ccc2cc1OCCCN(C(=O)[C@@H]1CCC(=O)N1)CCCCN(C(=O)Cc1csc(-c3ccccc3)n1)CCn1ccnc1-2. The van der Waals surface area contributed by atoms with Crippen LogP contribution in [0.2, 0.25) is 0 Å². The van der Waals surface area contributed by atoms with Gasteiger partial charge in [0.2, 0.25) is 17.7 Å². The summed E-state index contributed by atoms with van der Waals surface area (Å²) < 4.78 is 13.8. The third-order valence-corrected chi connectivity index (χ3v) is 9.49. The highest BCUT2D eigenvalue weighted by Crippen LogP contribution is 2.32. The predicted molar refractivity (Wildman–Crippen MR) is 179 cm³/mol. The Morgan fingerprint density at radius 2 is 1.81 bits per heavy atom. The molecule has 0 unspecified atom stereocenters. The second-order valence-electron chi connectivity index (χ2n) is 11.8. The number of imidazole rings is 1. The van der Waals surface area contributed by atoms with E-state index in [0.717, 1.165) is 40.5 Å². The number of nitrogens with zero attached hydrogens (tertiary/aromatic N) is 5. The van der Waals surface area contributed by atoms with Crippen LogP contribution in [0.1, 0.15) is 37.8 Å². The summed E-state index contributed by atoms with van der Waals surface area (Å²) in [5.74, 6) is 1.84. The summed E-state index contributed by atoms with van der Waals surface area (Å²) in [6.07, 6.45) is 6.83. The summed E-state index contributed by atoms with van der Waals surface area (Å²) in [7, 11) is 1.61. The van der Waals surface area contributed by atoms with Crippen molar-refractivity contribution in [2.75, 3.05) is 39.9 Å². The van der Waals surface area contributed by atoms with Gasteiger partial charge in [-0.3, -0.25) is 14.4 Å². The lowest BCUT2D eigenvalue weighted by Crippen LogP contribution is -2.45. The Kier molecular flexibility index (Phi) is 10.5. The smallest absolute Gasteiger partial charge is 0.245 e. The van der Waals surface area contributed by atoms with E-state index >= 15 is 0 Å². The van der Waals surface area contributed by atoms with Crippen molar-refractivity contribution in [2.24, 2.45) is 0 Å². The summed E-state index contributed by atoms with van der Waals surface area (Å²) in [6.45, 7) is 3.02. The topological polar surface area (TPSA) is 119 Å². The molecule has 2 aromatic heterocycles. The lowest BCUT2D eigenvalue weighted by atomic mass is 10.1. The number of benzene rings is 2. The highest BCUT2D eigenvalue weighted by Gasteiger charge is 2.30. The quantitative estimate of drug-likeness (QED) is 0.338. The van der Waals surface area contributed by atoms with Gasteiger partial charge in [0.1, 0.15) is 16.9 Å². The number of carbonyl (C=O) groups excluding carboxylic acids is 3. The van der Waals surface area contributed by atoms with Crippen LogP contribution in [0.5, 0.6) is 11.5 Å². The Balaban J connectivity index is 1.22. The van der Waals surface area contributed by atoms with Crippen LogP contribution in [0.4, 0.5) is 0 Å². The van der Waals surface area contributed by atoms with Gasteiger partial charge in [0, 0.05) is 68.0 Å². The molecule has 0 spiro atoms. The highest BCUT2D eigenvalue weighted by atomic mass is 32.1. The Labute approximate surface area is 278 Å². The molecule has 12 heteroatoms. The Hall–Kier alpha value is -4.71. The molecule has 4 aromatic rings. The lowest BCUT2D eigenvalue weighted by Gasteiger charge is -2.27. The van der Waals surface area contributed by atoms with E-state index < -0.39 is 6.04 Å². The normalized spacial score (nSPS) is 17.7. The summed E-state index contributed by atoms with van der Waals surface area (Å²) in [5.41, 5.74) is 2.66. The minimum Gasteiger partial charge on any atom is -0.493 e. The number of methoxy groups -OCH3 is 1. The van der Waals surface area contributed by atoms with Crippen LogP contribution in [0.15, 0.2) is 66.3 Å². The second-order valence-corrected chi connectivity index (χ2v) is 12.6. The average molecular weight is 657 g/mol. The molecule has 6 rings (SSSR count). The number of ether oxygens (including phenoxy) is 2. The van der Waals surface area contributed by atoms with E-state index in [4.69, 9.17) is 14.5 Å². The van der Waals surface area contributed by atoms with Gasteiger partial charge < -0.3 is 29.2 Å². The Morgan fingerprint density at radius 1 is 1.00 bits per heavy atom. The number of hydrogen-bond donors (Lipinski definition) is 1. The Bertz CT molecular complexity index is 1690. The summed E-state index contributed by atoms with van der Waals surface area (Å²) in [5, 5.41) is 5.67. The largest absolute Gasteiger partial charge is 0.493 e. The summed E-state index contributed by atoms with van der Waals surface area (Å²) in [6, 6.07) is 15.2. The minimum absolute atomic E-state index is 0.0104. The molecule has 1 saturated heterocycles. The maximum Gasteiger partial charge on any atom is 0.245 e. The minimum atomic E-state index is -0.492. The van der Waals surface area contributed by atoms with Crippen molar-refractivity contribution >= 4 is 29.1 Å².